The second-order valence-corrected chi connectivity index (χ2v) is 10.9. The van der Waals surface area contributed by atoms with Crippen molar-refractivity contribution < 1.29 is 14.3 Å². The van der Waals surface area contributed by atoms with Gasteiger partial charge in [-0.15, -0.1) is 0 Å². The molecule has 0 heterocycles. The Morgan fingerprint density at radius 3 is 2.47 bits per heavy atom. The van der Waals surface area contributed by atoms with Gasteiger partial charge in [-0.3, -0.25) is 9.59 Å². The van der Waals surface area contributed by atoms with Gasteiger partial charge in [-0.25, -0.2) is 0 Å². The molecule has 0 spiro atoms. The predicted molar refractivity (Wildman–Crippen MR) is 121 cm³/mol. The van der Waals surface area contributed by atoms with Crippen molar-refractivity contribution in [3.05, 3.63) is 0 Å². The molecule has 1 amide bonds. The summed E-state index contributed by atoms with van der Waals surface area (Å²) in [5, 5.41) is 0. The van der Waals surface area contributed by atoms with Crippen molar-refractivity contribution in [2.24, 2.45) is 46.2 Å². The molecule has 0 aliphatic heterocycles. The van der Waals surface area contributed by atoms with Crippen LogP contribution in [0.2, 0.25) is 0 Å². The first-order chi connectivity index (χ1) is 14.4. The maximum Gasteiger partial charge on any atom is 0.293 e. The lowest BCUT2D eigenvalue weighted by Gasteiger charge is -2.62. The van der Waals surface area contributed by atoms with Gasteiger partial charge in [0, 0.05) is 12.3 Å². The molecule has 8 unspecified atom stereocenters. The summed E-state index contributed by atoms with van der Waals surface area (Å²) in [5.41, 5.74) is 6.15. The van der Waals surface area contributed by atoms with Crippen LogP contribution in [-0.4, -0.2) is 18.5 Å². The van der Waals surface area contributed by atoms with Crippen molar-refractivity contribution in [3.63, 3.8) is 0 Å². The average Bonchev–Trinajstić information content (AvgIpc) is 3.06. The highest BCUT2D eigenvalue weighted by Crippen LogP contribution is 2.68. The van der Waals surface area contributed by atoms with Gasteiger partial charge in [0.15, 0.2) is 0 Å². The Bertz CT molecular complexity index is 607. The van der Waals surface area contributed by atoms with Crippen molar-refractivity contribution in [1.82, 2.24) is 0 Å². The van der Waals surface area contributed by atoms with Crippen LogP contribution < -0.4 is 5.73 Å². The number of carbonyl (C=O) groups is 2. The fraction of sp³-hybridized carbons (Fsp3) is 0.923. The molecule has 4 aliphatic carbocycles. The zero-order valence-corrected chi connectivity index (χ0v) is 19.8. The van der Waals surface area contributed by atoms with E-state index in [1.165, 1.54) is 51.4 Å². The van der Waals surface area contributed by atoms with Crippen LogP contribution in [0.3, 0.4) is 0 Å². The Hall–Kier alpha value is -1.06. The topological polar surface area (TPSA) is 69.4 Å². The van der Waals surface area contributed by atoms with Gasteiger partial charge in [-0.05, 0) is 92.3 Å². The predicted octanol–water partition coefficient (Wildman–Crippen LogP) is 5.87. The minimum absolute atomic E-state index is 0.118. The lowest BCUT2D eigenvalue weighted by molar-refractivity contribution is -0.180. The Labute approximate surface area is 184 Å². The zero-order chi connectivity index (χ0) is 21.9. The van der Waals surface area contributed by atoms with E-state index in [2.05, 4.69) is 13.8 Å². The fourth-order valence-electron chi connectivity index (χ4n) is 8.55. The number of amides is 1. The number of hydrogen-bond donors (Lipinski definition) is 1. The van der Waals surface area contributed by atoms with Crippen molar-refractivity contribution in [1.29, 1.82) is 0 Å². The lowest BCUT2D eigenvalue weighted by Crippen LogP contribution is -2.58. The molecule has 172 valence electrons. The molecule has 4 nitrogen and oxygen atoms in total. The number of carbonyl (C=O) groups excluding carboxylic acids is 2. The van der Waals surface area contributed by atoms with Crippen molar-refractivity contribution in [2.75, 3.05) is 0 Å². The molecule has 2 N–H and O–H groups in total. The lowest BCUT2D eigenvalue weighted by atomic mass is 9.44. The third-order valence-electron chi connectivity index (χ3n) is 9.98. The summed E-state index contributed by atoms with van der Waals surface area (Å²) in [4.78, 5) is 22.5. The van der Waals surface area contributed by atoms with Gasteiger partial charge < -0.3 is 10.5 Å². The molecule has 4 heteroatoms. The summed E-state index contributed by atoms with van der Waals surface area (Å²) in [6, 6.07) is 0. The van der Waals surface area contributed by atoms with Crippen molar-refractivity contribution in [3.8, 4) is 0 Å². The average molecular weight is 420 g/mol. The first kappa shape index (κ1) is 23.6. The molecular weight excluding hydrogens is 374 g/mol. The van der Waals surface area contributed by atoms with E-state index in [-0.39, 0.29) is 12.0 Å². The second kappa shape index (κ2) is 9.61. The number of hydrogen-bond acceptors (Lipinski definition) is 3. The molecule has 0 saturated heterocycles. The van der Waals surface area contributed by atoms with Gasteiger partial charge in [-0.2, -0.15) is 0 Å². The molecular formula is C26H45NO3. The molecule has 4 aliphatic rings. The Kier molecular flexibility index (Phi) is 7.56. The highest BCUT2D eigenvalue weighted by Gasteiger charge is 2.62. The van der Waals surface area contributed by atoms with E-state index in [4.69, 9.17) is 10.5 Å². The third-order valence-corrected chi connectivity index (χ3v) is 9.98. The van der Waals surface area contributed by atoms with Gasteiger partial charge in [0.2, 0.25) is 5.91 Å². The van der Waals surface area contributed by atoms with E-state index in [9.17, 15) is 9.59 Å². The van der Waals surface area contributed by atoms with Crippen LogP contribution in [-0.2, 0) is 14.3 Å². The van der Waals surface area contributed by atoms with Crippen LogP contribution in [0.25, 0.3) is 0 Å². The molecule has 4 saturated carbocycles. The smallest absolute Gasteiger partial charge is 0.293 e. The summed E-state index contributed by atoms with van der Waals surface area (Å²) in [6.45, 7) is 9.79. The Balaban J connectivity index is 0.00000124. The standard InChI is InChI=1S/C24H39NO3.C2H6/c1-23-12-4-3-6-17(23)14-20(28-15-26)22-18-10-9-16(7-5-8-21(25)27)24(18,2)13-11-19(22)23;1-2/h15-20,22H,3-14H2,1-2H3,(H2,25,27);1-2H3. The van der Waals surface area contributed by atoms with Gasteiger partial charge in [0.1, 0.15) is 6.10 Å². The minimum atomic E-state index is -0.175. The molecule has 0 aromatic carbocycles. The molecule has 4 rings (SSSR count). The molecule has 0 aromatic heterocycles. The summed E-state index contributed by atoms with van der Waals surface area (Å²) < 4.78 is 5.81. The Morgan fingerprint density at radius 1 is 1.03 bits per heavy atom. The normalized spacial score (nSPS) is 44.5. The highest BCUT2D eigenvalue weighted by molar-refractivity contribution is 5.73. The van der Waals surface area contributed by atoms with Crippen LogP contribution >= 0.6 is 0 Å². The molecule has 8 atom stereocenters. The van der Waals surface area contributed by atoms with Crippen molar-refractivity contribution >= 4 is 12.4 Å². The maximum absolute atomic E-state index is 11.4. The number of ether oxygens (including phenoxy) is 1. The van der Waals surface area contributed by atoms with E-state index in [0.717, 1.165) is 31.7 Å². The molecule has 30 heavy (non-hydrogen) atoms. The first-order valence-electron chi connectivity index (χ1n) is 12.8. The number of nitrogens with two attached hydrogens (primary N) is 1. The summed E-state index contributed by atoms with van der Waals surface area (Å²) in [5.74, 6) is 3.14. The first-order valence-corrected chi connectivity index (χ1v) is 12.8. The number of fused-ring (bicyclic) bond motifs is 5. The fourth-order valence-corrected chi connectivity index (χ4v) is 8.55. The largest absolute Gasteiger partial charge is 0.464 e. The zero-order valence-electron chi connectivity index (χ0n) is 19.8. The quantitative estimate of drug-likeness (QED) is 0.547. The van der Waals surface area contributed by atoms with Crippen LogP contribution in [0.1, 0.15) is 105 Å². The van der Waals surface area contributed by atoms with E-state index < -0.39 is 0 Å². The molecule has 0 bridgehead atoms. The number of primary amides is 1. The van der Waals surface area contributed by atoms with E-state index >= 15 is 0 Å². The van der Waals surface area contributed by atoms with Gasteiger partial charge in [0.25, 0.3) is 6.47 Å². The highest BCUT2D eigenvalue weighted by atomic mass is 16.5. The van der Waals surface area contributed by atoms with Crippen LogP contribution in [0.4, 0.5) is 0 Å². The van der Waals surface area contributed by atoms with Gasteiger partial charge in [-0.1, -0.05) is 40.5 Å². The van der Waals surface area contributed by atoms with E-state index in [1.54, 1.807) is 0 Å². The number of rotatable bonds is 6. The SMILES string of the molecule is CC.CC12CCC3C(C(OC=O)CC4CCCCC43C)C1CCC2CCCC(N)=O. The molecule has 0 radical (unpaired) electrons. The van der Waals surface area contributed by atoms with Gasteiger partial charge >= 0.3 is 0 Å². The van der Waals surface area contributed by atoms with E-state index in [1.807, 2.05) is 13.8 Å². The van der Waals surface area contributed by atoms with Crippen molar-refractivity contribution in [2.45, 2.75) is 111 Å². The Morgan fingerprint density at radius 2 is 1.77 bits per heavy atom. The summed E-state index contributed by atoms with van der Waals surface area (Å²) in [6.07, 6.45) is 14.2. The molecule has 4 fully saturated rings. The molecule has 0 aromatic rings. The van der Waals surface area contributed by atoms with Crippen LogP contribution in [0.5, 0.6) is 0 Å². The van der Waals surface area contributed by atoms with E-state index in [0.29, 0.717) is 40.9 Å². The monoisotopic (exact) mass is 419 g/mol. The third kappa shape index (κ3) is 4.05. The van der Waals surface area contributed by atoms with Gasteiger partial charge in [0.05, 0.1) is 0 Å². The van der Waals surface area contributed by atoms with Crippen LogP contribution in [0, 0.1) is 40.4 Å². The summed E-state index contributed by atoms with van der Waals surface area (Å²) in [7, 11) is 0. The minimum Gasteiger partial charge on any atom is -0.464 e. The maximum atomic E-state index is 11.4. The second-order valence-electron chi connectivity index (χ2n) is 10.9. The van der Waals surface area contributed by atoms with Crippen LogP contribution in [0.15, 0.2) is 0 Å². The summed E-state index contributed by atoms with van der Waals surface area (Å²) >= 11 is 0.